The highest BCUT2D eigenvalue weighted by molar-refractivity contribution is 5.44. The molecular formula is C15H22N4. The van der Waals surface area contributed by atoms with Gasteiger partial charge in [-0.2, -0.15) is 4.98 Å². The summed E-state index contributed by atoms with van der Waals surface area (Å²) in [7, 11) is 0. The molecule has 0 atom stereocenters. The Hall–Kier alpha value is -1.58. The maximum atomic E-state index is 4.54. The molecule has 3 rings (SSSR count). The molecule has 0 amide bonds. The lowest BCUT2D eigenvalue weighted by Gasteiger charge is -2.27. The van der Waals surface area contributed by atoms with E-state index in [4.69, 9.17) is 0 Å². The van der Waals surface area contributed by atoms with Crippen LogP contribution in [-0.2, 0) is 0 Å². The first-order valence-corrected chi connectivity index (χ1v) is 7.29. The third-order valence-electron chi connectivity index (χ3n) is 4.58. The van der Waals surface area contributed by atoms with Gasteiger partial charge >= 0.3 is 0 Å². The molecule has 0 radical (unpaired) electrons. The van der Waals surface area contributed by atoms with Gasteiger partial charge in [-0.05, 0) is 43.7 Å². The Labute approximate surface area is 114 Å². The summed E-state index contributed by atoms with van der Waals surface area (Å²) >= 11 is 0. The number of nitrogens with one attached hydrogen (secondary N) is 1. The second-order valence-corrected chi connectivity index (χ2v) is 5.79. The molecule has 102 valence electrons. The minimum absolute atomic E-state index is 0.465. The average molecular weight is 258 g/mol. The minimum atomic E-state index is 0.465. The Balaban J connectivity index is 1.76. The zero-order valence-corrected chi connectivity index (χ0v) is 11.8. The number of fused-ring (bicyclic) bond motifs is 1. The number of hydrogen-bond donors (Lipinski definition) is 1. The van der Waals surface area contributed by atoms with Gasteiger partial charge in [0.15, 0.2) is 5.65 Å². The zero-order valence-electron chi connectivity index (χ0n) is 11.8. The van der Waals surface area contributed by atoms with E-state index >= 15 is 0 Å². The summed E-state index contributed by atoms with van der Waals surface area (Å²) in [4.78, 5) is 4.54. The van der Waals surface area contributed by atoms with E-state index in [1.54, 1.807) is 0 Å². The number of rotatable bonds is 4. The first-order chi connectivity index (χ1) is 9.22. The Bertz CT molecular complexity index is 567. The highest BCUT2D eigenvalue weighted by atomic mass is 15.3. The van der Waals surface area contributed by atoms with Gasteiger partial charge in [-0.15, -0.1) is 5.10 Å². The SMILES string of the molecule is CCC1(CNc2nc3cccc(C)n3n2)CCCC1. The molecule has 0 saturated heterocycles. The average Bonchev–Trinajstić information content (AvgIpc) is 3.04. The number of aromatic nitrogens is 3. The molecule has 1 N–H and O–H groups in total. The van der Waals surface area contributed by atoms with E-state index < -0.39 is 0 Å². The molecule has 0 aliphatic heterocycles. The van der Waals surface area contributed by atoms with Crippen LogP contribution in [0.15, 0.2) is 18.2 Å². The Morgan fingerprint density at radius 1 is 1.32 bits per heavy atom. The topological polar surface area (TPSA) is 42.2 Å². The Morgan fingerprint density at radius 3 is 2.79 bits per heavy atom. The van der Waals surface area contributed by atoms with Crippen molar-refractivity contribution in [3.63, 3.8) is 0 Å². The Kier molecular flexibility index (Phi) is 3.17. The fourth-order valence-corrected chi connectivity index (χ4v) is 3.16. The smallest absolute Gasteiger partial charge is 0.243 e. The molecule has 0 bridgehead atoms. The van der Waals surface area contributed by atoms with Crippen molar-refractivity contribution in [2.45, 2.75) is 46.0 Å². The molecule has 1 aliphatic carbocycles. The summed E-state index contributed by atoms with van der Waals surface area (Å²) in [5.74, 6) is 0.758. The van der Waals surface area contributed by atoms with Gasteiger partial charge in [-0.3, -0.25) is 0 Å². The fraction of sp³-hybridized carbons (Fsp3) is 0.600. The predicted octanol–water partition coefficient (Wildman–Crippen LogP) is 3.42. The lowest BCUT2D eigenvalue weighted by molar-refractivity contribution is 0.306. The van der Waals surface area contributed by atoms with Crippen LogP contribution < -0.4 is 5.32 Å². The van der Waals surface area contributed by atoms with Crippen molar-refractivity contribution >= 4 is 11.6 Å². The summed E-state index contributed by atoms with van der Waals surface area (Å²) in [5, 5.41) is 7.99. The van der Waals surface area contributed by atoms with Gasteiger partial charge in [0.25, 0.3) is 0 Å². The molecule has 1 aliphatic rings. The van der Waals surface area contributed by atoms with E-state index in [0.29, 0.717) is 5.41 Å². The molecule has 0 aromatic carbocycles. The number of anilines is 1. The summed E-state index contributed by atoms with van der Waals surface area (Å²) in [6, 6.07) is 6.07. The van der Waals surface area contributed by atoms with Crippen molar-refractivity contribution in [2.24, 2.45) is 5.41 Å². The van der Waals surface area contributed by atoms with E-state index in [-0.39, 0.29) is 0 Å². The maximum absolute atomic E-state index is 4.54. The third-order valence-corrected chi connectivity index (χ3v) is 4.58. The van der Waals surface area contributed by atoms with Crippen LogP contribution in [0.2, 0.25) is 0 Å². The summed E-state index contributed by atoms with van der Waals surface area (Å²) < 4.78 is 1.90. The van der Waals surface area contributed by atoms with E-state index in [0.717, 1.165) is 23.8 Å². The van der Waals surface area contributed by atoms with E-state index in [1.165, 1.54) is 32.1 Å². The predicted molar refractivity (Wildman–Crippen MR) is 77.4 cm³/mol. The van der Waals surface area contributed by atoms with Gasteiger partial charge in [0.1, 0.15) is 0 Å². The molecule has 2 aromatic heterocycles. The lowest BCUT2D eigenvalue weighted by Crippen LogP contribution is -2.26. The Morgan fingerprint density at radius 2 is 2.11 bits per heavy atom. The normalized spacial score (nSPS) is 18.0. The van der Waals surface area contributed by atoms with Gasteiger partial charge < -0.3 is 5.32 Å². The highest BCUT2D eigenvalue weighted by Crippen LogP contribution is 2.40. The van der Waals surface area contributed by atoms with Crippen molar-refractivity contribution in [3.8, 4) is 0 Å². The minimum Gasteiger partial charge on any atom is -0.352 e. The first-order valence-electron chi connectivity index (χ1n) is 7.29. The largest absolute Gasteiger partial charge is 0.352 e. The van der Waals surface area contributed by atoms with Crippen molar-refractivity contribution in [1.82, 2.24) is 14.6 Å². The molecule has 4 nitrogen and oxygen atoms in total. The van der Waals surface area contributed by atoms with Crippen molar-refractivity contribution in [2.75, 3.05) is 11.9 Å². The van der Waals surface area contributed by atoms with Crippen molar-refractivity contribution < 1.29 is 0 Å². The van der Waals surface area contributed by atoms with E-state index in [9.17, 15) is 0 Å². The highest BCUT2D eigenvalue weighted by Gasteiger charge is 2.31. The van der Waals surface area contributed by atoms with Crippen LogP contribution >= 0.6 is 0 Å². The molecular weight excluding hydrogens is 236 g/mol. The summed E-state index contributed by atoms with van der Waals surface area (Å²) in [5.41, 5.74) is 2.50. The van der Waals surface area contributed by atoms with Crippen LogP contribution in [0.1, 0.15) is 44.7 Å². The molecule has 0 unspecified atom stereocenters. The lowest BCUT2D eigenvalue weighted by atomic mass is 9.83. The maximum Gasteiger partial charge on any atom is 0.243 e. The molecule has 2 heterocycles. The third kappa shape index (κ3) is 2.31. The molecule has 4 heteroatoms. The summed E-state index contributed by atoms with van der Waals surface area (Å²) in [6.45, 7) is 5.35. The summed E-state index contributed by atoms with van der Waals surface area (Å²) in [6.07, 6.45) is 6.65. The van der Waals surface area contributed by atoms with Crippen LogP contribution in [0.5, 0.6) is 0 Å². The van der Waals surface area contributed by atoms with Crippen LogP contribution in [0.3, 0.4) is 0 Å². The number of aryl methyl sites for hydroxylation is 1. The monoisotopic (exact) mass is 258 g/mol. The molecule has 1 fully saturated rings. The van der Waals surface area contributed by atoms with Gasteiger partial charge in [-0.1, -0.05) is 25.8 Å². The zero-order chi connectivity index (χ0) is 13.3. The number of pyridine rings is 1. The van der Waals surface area contributed by atoms with Crippen molar-refractivity contribution in [1.29, 1.82) is 0 Å². The second kappa shape index (κ2) is 4.83. The van der Waals surface area contributed by atoms with Crippen LogP contribution in [-0.4, -0.2) is 21.1 Å². The van der Waals surface area contributed by atoms with Crippen LogP contribution in [0, 0.1) is 12.3 Å². The number of nitrogens with zero attached hydrogens (tertiary/aromatic N) is 3. The molecule has 19 heavy (non-hydrogen) atoms. The van der Waals surface area contributed by atoms with Gasteiger partial charge in [0.2, 0.25) is 5.95 Å². The van der Waals surface area contributed by atoms with Gasteiger partial charge in [0.05, 0.1) is 0 Å². The standard InChI is InChI=1S/C15H22N4/c1-3-15(9-4-5-10-15)11-16-14-17-13-8-6-7-12(2)19(13)18-14/h6-8H,3-5,9-11H2,1-2H3,(H,16,18). The molecule has 0 spiro atoms. The van der Waals surface area contributed by atoms with Crippen LogP contribution in [0.4, 0.5) is 5.95 Å². The quantitative estimate of drug-likeness (QED) is 0.913. The van der Waals surface area contributed by atoms with Crippen LogP contribution in [0.25, 0.3) is 5.65 Å². The number of hydrogen-bond acceptors (Lipinski definition) is 3. The second-order valence-electron chi connectivity index (χ2n) is 5.79. The van der Waals surface area contributed by atoms with Gasteiger partial charge in [0, 0.05) is 12.2 Å². The molecule has 1 saturated carbocycles. The van der Waals surface area contributed by atoms with E-state index in [1.807, 2.05) is 16.6 Å². The first kappa shape index (κ1) is 12.5. The van der Waals surface area contributed by atoms with Gasteiger partial charge in [-0.25, -0.2) is 4.52 Å². The molecule has 2 aromatic rings. The van der Waals surface area contributed by atoms with E-state index in [2.05, 4.69) is 35.3 Å². The fourth-order valence-electron chi connectivity index (χ4n) is 3.16. The van der Waals surface area contributed by atoms with Crippen molar-refractivity contribution in [3.05, 3.63) is 23.9 Å².